The van der Waals surface area contributed by atoms with Crippen molar-refractivity contribution in [2.24, 2.45) is 17.4 Å². The zero-order chi connectivity index (χ0) is 73.5. The number of hydrogen-bond donors (Lipinski definition) is 20. The summed E-state index contributed by atoms with van der Waals surface area (Å²) in [6.45, 7) is 5.68. The molecule has 35 heteroatoms. The molecule has 101 heavy (non-hydrogen) atoms. The molecule has 5 aromatic carbocycles. The van der Waals surface area contributed by atoms with E-state index in [1.165, 1.54) is 39.1 Å². The van der Waals surface area contributed by atoms with Gasteiger partial charge in [-0.05, 0) is 116 Å². The lowest BCUT2D eigenvalue weighted by Crippen LogP contribution is -2.64. The molecule has 12 rings (SSSR count). The van der Waals surface area contributed by atoms with Crippen molar-refractivity contribution >= 4 is 64.6 Å². The van der Waals surface area contributed by atoms with E-state index in [4.69, 9.17) is 63.1 Å². The van der Waals surface area contributed by atoms with Crippen LogP contribution in [-0.4, -0.2) is 196 Å². The molecule has 11 bridgehead atoms. The molecule has 19 atom stereocenters. The Kier molecular flexibility index (Phi) is 22.6. The highest BCUT2D eigenvalue weighted by molar-refractivity contribution is 6.32. The second-order valence-corrected chi connectivity index (χ2v) is 26.7. The Morgan fingerprint density at radius 1 is 0.733 bits per heavy atom. The van der Waals surface area contributed by atoms with Gasteiger partial charge in [0.2, 0.25) is 47.5 Å². The molecule has 7 heterocycles. The standard InChI is InChI=1S/C66H77Cl2N9O24/c1-23(2)12-34(71-5)58(88)76-49-51(83)26-7-10-38(32(67)14-26)97-40-16-28-17-41(55(40)101-65-56(54(86)53(85)42(22-78)99-65)100-44-21-66(4,70)57(87)24(3)96-44)98-39-11-8-27(15-33(39)68)52(84)50-63(93)75-48(64(94)95)31-18-29(79)19-37(81)45(31)30-13-25(6-9-36(30)80)46(60(90)77-50)74-61(91)47(28)73-59(89)35(20-43(69)82)72-62(49)92/h6-11,13-19,23-24,34-35,42,44,46-54,56-57,63,65,71,75,78-81,83-87,93H,12,20-22,70H2,1-5H3,(H2,69,82)(H,72,92)(H,73,89)(H,74,91)(H,76,88)(H,77,90)(H,94,95). The fourth-order valence-corrected chi connectivity index (χ4v) is 13.1. The van der Waals surface area contributed by atoms with E-state index in [-0.39, 0.29) is 52.0 Å². The number of likely N-dealkylation sites (N-methyl/N-ethyl adjacent to an activating group) is 1. The van der Waals surface area contributed by atoms with E-state index in [2.05, 4.69) is 37.2 Å². The number of phenols is 3. The summed E-state index contributed by atoms with van der Waals surface area (Å²) < 4.78 is 38.4. The maximum absolute atomic E-state index is 16.0. The maximum Gasteiger partial charge on any atom is 0.325 e. The van der Waals surface area contributed by atoms with Gasteiger partial charge in [-0.1, -0.05) is 55.2 Å². The van der Waals surface area contributed by atoms with Gasteiger partial charge in [0.25, 0.3) is 0 Å². The smallest absolute Gasteiger partial charge is 0.325 e. The highest BCUT2D eigenvalue weighted by atomic mass is 35.5. The van der Waals surface area contributed by atoms with Gasteiger partial charge in [-0.25, -0.2) is 0 Å². The third-order valence-corrected chi connectivity index (χ3v) is 18.5. The number of aromatic hydroxyl groups is 3. The predicted octanol–water partition coefficient (Wildman–Crippen LogP) is -0.102. The van der Waals surface area contributed by atoms with Gasteiger partial charge in [-0.3, -0.25) is 38.9 Å². The molecule has 5 aromatic rings. The molecule has 2 fully saturated rings. The molecule has 0 aromatic heterocycles. The van der Waals surface area contributed by atoms with Crippen molar-refractivity contribution in [2.45, 2.75) is 162 Å². The Hall–Kier alpha value is -8.75. The molecule has 0 saturated carbocycles. The minimum atomic E-state index is -2.38. The lowest BCUT2D eigenvalue weighted by atomic mass is 9.86. The number of carbonyl (C=O) groups is 7. The minimum absolute atomic E-state index is 0.0941. The van der Waals surface area contributed by atoms with Gasteiger partial charge in [0.05, 0.1) is 47.4 Å². The molecule has 0 aliphatic carbocycles. The largest absolute Gasteiger partial charge is 0.508 e. The molecule has 33 nitrogen and oxygen atoms in total. The molecule has 2 saturated heterocycles. The second kappa shape index (κ2) is 30.4. The first-order valence-corrected chi connectivity index (χ1v) is 32.5. The number of hydrogen-bond acceptors (Lipinski definition) is 26. The fraction of sp³-hybridized carbons (Fsp3) is 0.439. The summed E-state index contributed by atoms with van der Waals surface area (Å²) in [5.41, 5.74) is 8.26. The monoisotopic (exact) mass is 1450 g/mol. The normalized spacial score (nSPS) is 30.2. The third kappa shape index (κ3) is 16.0. The molecule has 0 spiro atoms. The van der Waals surface area contributed by atoms with Gasteiger partial charge in [0.15, 0.2) is 23.9 Å². The van der Waals surface area contributed by atoms with Crippen molar-refractivity contribution in [3.05, 3.63) is 117 Å². The number of nitrogens with two attached hydrogens (primary N) is 2. The van der Waals surface area contributed by atoms with Gasteiger partial charge < -0.3 is 128 Å². The third-order valence-electron chi connectivity index (χ3n) is 17.9. The number of carboxylic acid groups (broad SMARTS) is 1. The van der Waals surface area contributed by atoms with Crippen LogP contribution in [-0.2, 0) is 47.8 Å². The highest BCUT2D eigenvalue weighted by Gasteiger charge is 2.51. The van der Waals surface area contributed by atoms with Crippen LogP contribution in [0.5, 0.6) is 46.0 Å². The summed E-state index contributed by atoms with van der Waals surface area (Å²) in [7, 11) is 1.48. The number of aliphatic carboxylic acids is 1. The summed E-state index contributed by atoms with van der Waals surface area (Å²) in [5.74, 6) is -14.2. The van der Waals surface area contributed by atoms with E-state index < -0.39 is 232 Å². The highest BCUT2D eigenvalue weighted by Crippen LogP contribution is 2.50. The number of primary amides is 1. The number of benzene rings is 5. The number of carbonyl (C=O) groups excluding carboxylic acids is 6. The summed E-state index contributed by atoms with van der Waals surface area (Å²) in [5, 5.41) is 143. The molecule has 6 amide bonds. The van der Waals surface area contributed by atoms with Crippen molar-refractivity contribution in [3.8, 4) is 57.1 Å². The molecular formula is C66H77Cl2N9O24. The van der Waals surface area contributed by atoms with E-state index in [1.807, 2.05) is 13.8 Å². The van der Waals surface area contributed by atoms with Crippen molar-refractivity contribution in [1.29, 1.82) is 0 Å². The van der Waals surface area contributed by atoms with Crippen molar-refractivity contribution in [1.82, 2.24) is 37.2 Å². The van der Waals surface area contributed by atoms with Crippen LogP contribution in [0.25, 0.3) is 11.1 Å². The number of carboxylic acids is 1. The van der Waals surface area contributed by atoms with E-state index in [0.29, 0.717) is 0 Å². The van der Waals surface area contributed by atoms with Crippen molar-refractivity contribution in [3.63, 3.8) is 0 Å². The summed E-state index contributed by atoms with van der Waals surface area (Å²) in [6, 6.07) is -0.0280. The van der Waals surface area contributed by atoms with Gasteiger partial charge in [0, 0.05) is 29.2 Å². The number of halogens is 2. The number of ether oxygens (including phenoxy) is 6. The number of nitrogens with one attached hydrogen (secondary N) is 7. The number of rotatable bonds is 13. The van der Waals surface area contributed by atoms with Crippen LogP contribution in [0.3, 0.4) is 0 Å². The minimum Gasteiger partial charge on any atom is -0.508 e. The summed E-state index contributed by atoms with van der Waals surface area (Å²) >= 11 is 14.1. The zero-order valence-electron chi connectivity index (χ0n) is 54.4. The van der Waals surface area contributed by atoms with Crippen molar-refractivity contribution < 1.29 is 118 Å². The van der Waals surface area contributed by atoms with Crippen molar-refractivity contribution in [2.75, 3.05) is 13.7 Å². The Bertz CT molecular complexity index is 4020. The van der Waals surface area contributed by atoms with Crippen LogP contribution in [0.15, 0.2) is 78.9 Å². The fourth-order valence-electron chi connectivity index (χ4n) is 12.6. The van der Waals surface area contributed by atoms with E-state index in [1.54, 1.807) is 0 Å². The average molecular weight is 1450 g/mol. The zero-order valence-corrected chi connectivity index (χ0v) is 56.0. The van der Waals surface area contributed by atoms with Crippen LogP contribution in [0.4, 0.5) is 0 Å². The second-order valence-electron chi connectivity index (χ2n) is 25.9. The summed E-state index contributed by atoms with van der Waals surface area (Å²) in [6.07, 6.45) is -20.8. The lowest BCUT2D eigenvalue weighted by molar-refractivity contribution is -0.333. The molecule has 19 unspecified atom stereocenters. The first kappa shape index (κ1) is 74.9. The number of aliphatic hydroxyl groups excluding tert-OH is 7. The van der Waals surface area contributed by atoms with Crippen LogP contribution >= 0.6 is 23.2 Å². The molecule has 544 valence electrons. The van der Waals surface area contributed by atoms with Gasteiger partial charge >= 0.3 is 5.97 Å². The quantitative estimate of drug-likeness (QED) is 0.0732. The predicted molar refractivity (Wildman–Crippen MR) is 350 cm³/mol. The number of phenolic OH excluding ortho intramolecular Hbond substituents is 3. The first-order chi connectivity index (χ1) is 47.7. The van der Waals surface area contributed by atoms with Crippen LogP contribution in [0, 0.1) is 5.92 Å². The summed E-state index contributed by atoms with van der Waals surface area (Å²) in [4.78, 5) is 102. The van der Waals surface area contributed by atoms with Gasteiger partial charge in [-0.15, -0.1) is 0 Å². The van der Waals surface area contributed by atoms with Gasteiger partial charge in [0.1, 0.15) is 95.7 Å². The number of fused-ring (bicyclic) bond motifs is 15. The maximum atomic E-state index is 16.0. The van der Waals surface area contributed by atoms with Gasteiger partial charge in [-0.2, -0.15) is 0 Å². The molecule has 22 N–H and O–H groups in total. The Labute approximate surface area is 584 Å². The van der Waals surface area contributed by atoms with Crippen LogP contribution in [0.2, 0.25) is 10.0 Å². The Morgan fingerprint density at radius 3 is 1.92 bits per heavy atom. The number of aliphatic hydroxyl groups is 7. The average Bonchev–Trinajstić information content (AvgIpc) is 0.775. The molecule has 7 aliphatic rings. The van der Waals surface area contributed by atoms with E-state index in [9.17, 15) is 75.3 Å². The topological polar surface area (TPSA) is 534 Å². The van der Waals surface area contributed by atoms with Crippen LogP contribution < -0.4 is 62.9 Å². The van der Waals surface area contributed by atoms with E-state index >= 15 is 14.4 Å². The lowest BCUT2D eigenvalue weighted by Gasteiger charge is -2.47. The first-order valence-electron chi connectivity index (χ1n) is 31.8. The van der Waals surface area contributed by atoms with E-state index in [0.717, 1.165) is 60.7 Å². The molecule has 0 radical (unpaired) electrons. The molecule has 7 aliphatic heterocycles. The number of amides is 6. The Morgan fingerprint density at radius 2 is 1.34 bits per heavy atom. The SMILES string of the molecule is CNC(CC(C)C)C(=O)NC1C(=O)NC(CC(N)=O)C(=O)NC2C(=O)NC3C(=O)NC(C(O)NC(C(=O)O)c4cc(O)cc(O)c4-c4cc3ccc4O)C(O)c3ccc(c(Cl)c3)Oc3cc2cc(c3OC2OC(CO)C(O)C(O)C2OC2CC(C)(N)C(O)C(C)O2)Oc2ccc(cc2Cl)C1O. The molecular weight excluding hydrogens is 1370 g/mol. The van der Waals surface area contributed by atoms with Crippen LogP contribution in [0.1, 0.15) is 105 Å². The Balaban J connectivity index is 1.24.